The number of ether oxygens (including phenoxy) is 1. The Hall–Kier alpha value is -2.49. The molecule has 3 fully saturated rings. The third-order valence-corrected chi connectivity index (χ3v) is 8.72. The van der Waals surface area contributed by atoms with Gasteiger partial charge in [0.2, 0.25) is 11.8 Å². The molecule has 2 bridgehead atoms. The van der Waals surface area contributed by atoms with Crippen LogP contribution < -0.4 is 4.90 Å². The second-order valence-electron chi connectivity index (χ2n) is 10.3. The molecule has 3 unspecified atom stereocenters. The number of nitrogens with zero attached hydrogens (tertiary/aromatic N) is 3. The van der Waals surface area contributed by atoms with Crippen LogP contribution in [0.1, 0.15) is 24.0 Å². The minimum atomic E-state index is -1.14. The number of benzene rings is 1. The standard InChI is InChI=1S/C28H36BrN3O5/c1-6-11-30(5)25(34)21-22-26(35)32(13-8-14-33)24(28(22)16-19(29)23(21)37-28)27(36)31(12-7-2)20-15-17(3)9-10-18(20)4/h6-7,9-10,15,19,21-24,33H,1-2,8,11-14,16H2,3-5H3/t19?,21-,22-,23-,24?,28?/m0/s1. The maximum atomic E-state index is 14.5. The van der Waals surface area contributed by atoms with Crippen molar-refractivity contribution in [2.24, 2.45) is 11.8 Å². The van der Waals surface area contributed by atoms with Gasteiger partial charge in [0.05, 0.1) is 17.9 Å². The number of aliphatic hydroxyl groups excluding tert-OH is 1. The molecule has 3 saturated heterocycles. The van der Waals surface area contributed by atoms with Crippen molar-refractivity contribution < 1.29 is 24.2 Å². The van der Waals surface area contributed by atoms with Crippen LogP contribution in [0.15, 0.2) is 43.5 Å². The van der Waals surface area contributed by atoms with Crippen LogP contribution in [0.2, 0.25) is 0 Å². The van der Waals surface area contributed by atoms with Gasteiger partial charge >= 0.3 is 0 Å². The van der Waals surface area contributed by atoms with E-state index in [9.17, 15) is 19.5 Å². The molecule has 1 aromatic rings. The maximum absolute atomic E-state index is 14.5. The molecule has 0 radical (unpaired) electrons. The fraction of sp³-hybridized carbons (Fsp3) is 0.536. The molecule has 3 heterocycles. The van der Waals surface area contributed by atoms with Gasteiger partial charge in [-0.25, -0.2) is 0 Å². The molecule has 1 aromatic carbocycles. The summed E-state index contributed by atoms with van der Waals surface area (Å²) in [6.07, 6.45) is 3.54. The first-order valence-corrected chi connectivity index (χ1v) is 13.6. The fourth-order valence-corrected chi connectivity index (χ4v) is 7.25. The first-order valence-electron chi connectivity index (χ1n) is 12.7. The third kappa shape index (κ3) is 4.45. The SMILES string of the molecule is C=CCN(C)C(=O)[C@H]1[C@H]2C(=O)N(CCCO)C(C(=O)N(CC=C)c3cc(C)ccc3C)C23CC(Br)[C@@H]1O3. The highest BCUT2D eigenvalue weighted by Gasteiger charge is 2.76. The molecule has 3 amide bonds. The number of hydrogen-bond donors (Lipinski definition) is 1. The summed E-state index contributed by atoms with van der Waals surface area (Å²) in [7, 11) is 1.68. The lowest BCUT2D eigenvalue weighted by molar-refractivity contribution is -0.144. The minimum Gasteiger partial charge on any atom is -0.396 e. The van der Waals surface area contributed by atoms with Gasteiger partial charge in [0.15, 0.2) is 0 Å². The Balaban J connectivity index is 1.81. The molecule has 9 heteroatoms. The minimum absolute atomic E-state index is 0.120. The molecule has 3 aliphatic rings. The quantitative estimate of drug-likeness (QED) is 0.343. The molecule has 3 aliphatic heterocycles. The second kappa shape index (κ2) is 10.7. The van der Waals surface area contributed by atoms with E-state index in [0.29, 0.717) is 19.4 Å². The number of likely N-dealkylation sites (N-methyl/N-ethyl adjacent to an activating group) is 1. The average molecular weight is 575 g/mol. The van der Waals surface area contributed by atoms with Gasteiger partial charge in [0.25, 0.3) is 5.91 Å². The third-order valence-electron chi connectivity index (χ3n) is 7.88. The number of aliphatic hydroxyl groups is 1. The molecule has 8 nitrogen and oxygen atoms in total. The van der Waals surface area contributed by atoms with Crippen LogP contribution in [0, 0.1) is 25.7 Å². The highest BCUT2D eigenvalue weighted by Crippen LogP contribution is 2.60. The molecule has 37 heavy (non-hydrogen) atoms. The number of fused-ring (bicyclic) bond motifs is 1. The summed E-state index contributed by atoms with van der Waals surface area (Å²) in [4.78, 5) is 46.6. The van der Waals surface area contributed by atoms with E-state index < -0.39 is 29.6 Å². The van der Waals surface area contributed by atoms with Gasteiger partial charge in [-0.05, 0) is 43.9 Å². The number of hydrogen-bond acceptors (Lipinski definition) is 5. The summed E-state index contributed by atoms with van der Waals surface area (Å²) in [5.41, 5.74) is 1.54. The zero-order valence-electron chi connectivity index (χ0n) is 21.7. The Morgan fingerprint density at radius 2 is 1.95 bits per heavy atom. The normalized spacial score (nSPS) is 29.8. The van der Waals surface area contributed by atoms with E-state index in [0.717, 1.165) is 16.8 Å². The Labute approximate surface area is 227 Å². The summed E-state index contributed by atoms with van der Waals surface area (Å²) >= 11 is 3.70. The van der Waals surface area contributed by atoms with Crippen molar-refractivity contribution in [3.63, 3.8) is 0 Å². The van der Waals surface area contributed by atoms with E-state index in [1.54, 1.807) is 33.9 Å². The molecular weight excluding hydrogens is 538 g/mol. The van der Waals surface area contributed by atoms with E-state index >= 15 is 0 Å². The van der Waals surface area contributed by atoms with Gasteiger partial charge in [-0.2, -0.15) is 0 Å². The maximum Gasteiger partial charge on any atom is 0.253 e. The number of aryl methyl sites for hydroxylation is 2. The van der Waals surface area contributed by atoms with E-state index in [1.807, 2.05) is 32.0 Å². The second-order valence-corrected chi connectivity index (χ2v) is 11.5. The van der Waals surface area contributed by atoms with E-state index in [4.69, 9.17) is 4.74 Å². The first-order chi connectivity index (χ1) is 17.6. The van der Waals surface area contributed by atoms with Crippen molar-refractivity contribution in [2.75, 3.05) is 38.2 Å². The fourth-order valence-electron chi connectivity index (χ4n) is 6.30. The number of amides is 3. The van der Waals surface area contributed by atoms with Gasteiger partial charge in [-0.15, -0.1) is 13.2 Å². The highest BCUT2D eigenvalue weighted by molar-refractivity contribution is 9.09. The summed E-state index contributed by atoms with van der Waals surface area (Å²) in [6.45, 7) is 12.2. The number of anilines is 1. The number of alkyl halides is 1. The predicted molar refractivity (Wildman–Crippen MR) is 145 cm³/mol. The number of carbonyl (C=O) groups is 3. The molecule has 0 saturated carbocycles. The molecule has 200 valence electrons. The topological polar surface area (TPSA) is 90.4 Å². The van der Waals surface area contributed by atoms with E-state index in [-0.39, 0.29) is 42.2 Å². The predicted octanol–water partition coefficient (Wildman–Crippen LogP) is 2.60. The molecule has 0 aromatic heterocycles. The Bertz CT molecular complexity index is 1110. The van der Waals surface area contributed by atoms with E-state index in [1.165, 1.54) is 0 Å². The Morgan fingerprint density at radius 1 is 1.24 bits per heavy atom. The van der Waals surface area contributed by atoms with Crippen LogP contribution in [0.4, 0.5) is 5.69 Å². The van der Waals surface area contributed by atoms with Crippen LogP contribution in [-0.2, 0) is 19.1 Å². The summed E-state index contributed by atoms with van der Waals surface area (Å²) < 4.78 is 6.57. The summed E-state index contributed by atoms with van der Waals surface area (Å²) in [5.74, 6) is -2.21. The van der Waals surface area contributed by atoms with Crippen molar-refractivity contribution in [1.82, 2.24) is 9.80 Å². The van der Waals surface area contributed by atoms with Gasteiger partial charge in [-0.1, -0.05) is 40.2 Å². The Kier molecular flexibility index (Phi) is 7.97. The molecule has 0 aliphatic carbocycles. The van der Waals surface area contributed by atoms with Crippen LogP contribution in [0.5, 0.6) is 0 Å². The molecule has 4 rings (SSSR count). The summed E-state index contributed by atoms with van der Waals surface area (Å²) in [6, 6.07) is 4.99. The van der Waals surface area contributed by atoms with Crippen LogP contribution in [-0.4, -0.2) is 88.5 Å². The highest BCUT2D eigenvalue weighted by atomic mass is 79.9. The summed E-state index contributed by atoms with van der Waals surface area (Å²) in [5, 5.41) is 9.57. The lowest BCUT2D eigenvalue weighted by Gasteiger charge is -2.37. The van der Waals surface area contributed by atoms with Crippen molar-refractivity contribution >= 4 is 39.3 Å². The van der Waals surface area contributed by atoms with Crippen molar-refractivity contribution in [1.29, 1.82) is 0 Å². The molecule has 1 N–H and O–H groups in total. The smallest absolute Gasteiger partial charge is 0.253 e. The number of halogens is 1. The number of rotatable bonds is 10. The number of carbonyl (C=O) groups excluding carboxylic acids is 3. The van der Waals surface area contributed by atoms with Gasteiger partial charge in [-0.3, -0.25) is 14.4 Å². The molecular formula is C28H36BrN3O5. The number of likely N-dealkylation sites (tertiary alicyclic amines) is 1. The van der Waals surface area contributed by atoms with Gasteiger partial charge < -0.3 is 24.5 Å². The van der Waals surface area contributed by atoms with Crippen molar-refractivity contribution in [3.8, 4) is 0 Å². The first kappa shape index (κ1) is 27.5. The van der Waals surface area contributed by atoms with Gasteiger partial charge in [0.1, 0.15) is 11.6 Å². The van der Waals surface area contributed by atoms with Gasteiger partial charge in [0, 0.05) is 43.8 Å². The van der Waals surface area contributed by atoms with Crippen LogP contribution in [0.3, 0.4) is 0 Å². The van der Waals surface area contributed by atoms with Crippen molar-refractivity contribution in [2.45, 2.75) is 49.3 Å². The van der Waals surface area contributed by atoms with Crippen molar-refractivity contribution in [3.05, 3.63) is 54.6 Å². The lowest BCUT2D eigenvalue weighted by atomic mass is 9.70. The average Bonchev–Trinajstić information content (AvgIpc) is 3.45. The Morgan fingerprint density at radius 3 is 2.59 bits per heavy atom. The lowest BCUT2D eigenvalue weighted by Crippen LogP contribution is -2.57. The monoisotopic (exact) mass is 573 g/mol. The van der Waals surface area contributed by atoms with E-state index in [2.05, 4.69) is 29.1 Å². The zero-order chi connectivity index (χ0) is 27.1. The largest absolute Gasteiger partial charge is 0.396 e. The van der Waals surface area contributed by atoms with Crippen LogP contribution >= 0.6 is 15.9 Å². The molecule has 1 spiro atoms. The molecule has 6 atom stereocenters. The zero-order valence-corrected chi connectivity index (χ0v) is 23.3. The van der Waals surface area contributed by atoms with Crippen LogP contribution in [0.25, 0.3) is 0 Å².